The molecule has 0 unspecified atom stereocenters. The van der Waals surface area contributed by atoms with E-state index in [0.717, 1.165) is 5.56 Å². The molecule has 0 radical (unpaired) electrons. The van der Waals surface area contributed by atoms with Gasteiger partial charge >= 0.3 is 0 Å². The minimum atomic E-state index is -3.59. The van der Waals surface area contributed by atoms with Crippen molar-refractivity contribution in [1.82, 2.24) is 4.72 Å². The number of nitrogens with one attached hydrogen (secondary N) is 1. The fourth-order valence-corrected chi connectivity index (χ4v) is 2.73. The third-order valence-corrected chi connectivity index (χ3v) is 4.36. The first-order chi connectivity index (χ1) is 9.88. The van der Waals surface area contributed by atoms with E-state index < -0.39 is 14.9 Å². The van der Waals surface area contributed by atoms with Crippen LogP contribution in [0, 0.1) is 17.0 Å². The summed E-state index contributed by atoms with van der Waals surface area (Å²) in [5.41, 5.74) is 1.60. The summed E-state index contributed by atoms with van der Waals surface area (Å²) in [7, 11) is -3.59. The van der Waals surface area contributed by atoms with E-state index in [1.54, 1.807) is 12.1 Å². The number of rotatable bonds is 5. The molecule has 1 N–H and O–H groups in total. The van der Waals surface area contributed by atoms with Gasteiger partial charge in [0.05, 0.1) is 9.82 Å². The summed E-state index contributed by atoms with van der Waals surface area (Å²) in [6, 6.07) is 12.2. The van der Waals surface area contributed by atoms with Gasteiger partial charge in [0, 0.05) is 18.7 Å². The molecule has 0 aromatic heterocycles. The molecule has 0 saturated carbocycles. The Hall–Kier alpha value is -2.25. The van der Waals surface area contributed by atoms with Crippen molar-refractivity contribution in [3.05, 3.63) is 69.8 Å². The Bertz CT molecular complexity index is 738. The van der Waals surface area contributed by atoms with Crippen LogP contribution in [0.5, 0.6) is 0 Å². The Kier molecular flexibility index (Phi) is 4.35. The van der Waals surface area contributed by atoms with Crippen molar-refractivity contribution < 1.29 is 13.3 Å². The van der Waals surface area contributed by atoms with Crippen LogP contribution < -0.4 is 4.72 Å². The molecule has 0 aliphatic heterocycles. The molecule has 0 amide bonds. The van der Waals surface area contributed by atoms with E-state index >= 15 is 0 Å². The monoisotopic (exact) mass is 306 g/mol. The van der Waals surface area contributed by atoms with E-state index in [9.17, 15) is 18.5 Å². The molecule has 0 aliphatic carbocycles. The van der Waals surface area contributed by atoms with E-state index in [1.807, 2.05) is 6.92 Å². The molecule has 0 aliphatic rings. The summed E-state index contributed by atoms with van der Waals surface area (Å²) in [5.74, 6) is 0. The van der Waals surface area contributed by atoms with Crippen LogP contribution in [0.2, 0.25) is 0 Å². The van der Waals surface area contributed by atoms with Gasteiger partial charge in [0.1, 0.15) is 0 Å². The van der Waals surface area contributed by atoms with Crippen molar-refractivity contribution in [3.63, 3.8) is 0 Å². The van der Waals surface area contributed by atoms with Gasteiger partial charge < -0.3 is 0 Å². The molecule has 6 nitrogen and oxygen atoms in total. The second-order valence-electron chi connectivity index (χ2n) is 4.56. The lowest BCUT2D eigenvalue weighted by Gasteiger charge is -2.07. The highest BCUT2D eigenvalue weighted by molar-refractivity contribution is 7.89. The second kappa shape index (κ2) is 6.02. The third kappa shape index (κ3) is 3.87. The normalized spacial score (nSPS) is 11.3. The van der Waals surface area contributed by atoms with Gasteiger partial charge in [0.2, 0.25) is 10.0 Å². The van der Waals surface area contributed by atoms with Crippen LogP contribution in [0.25, 0.3) is 0 Å². The zero-order valence-corrected chi connectivity index (χ0v) is 12.1. The van der Waals surface area contributed by atoms with Crippen molar-refractivity contribution in [1.29, 1.82) is 0 Å². The third-order valence-electron chi connectivity index (χ3n) is 2.94. The van der Waals surface area contributed by atoms with Crippen molar-refractivity contribution >= 4 is 15.7 Å². The summed E-state index contributed by atoms with van der Waals surface area (Å²) >= 11 is 0. The van der Waals surface area contributed by atoms with E-state index in [0.29, 0.717) is 5.56 Å². The molecular weight excluding hydrogens is 292 g/mol. The summed E-state index contributed by atoms with van der Waals surface area (Å²) in [5, 5.41) is 10.5. The Morgan fingerprint density at radius 2 is 1.62 bits per heavy atom. The Morgan fingerprint density at radius 3 is 2.14 bits per heavy atom. The molecule has 0 spiro atoms. The highest BCUT2D eigenvalue weighted by Gasteiger charge is 2.13. The predicted octanol–water partition coefficient (Wildman–Crippen LogP) is 2.38. The number of hydrogen-bond acceptors (Lipinski definition) is 4. The van der Waals surface area contributed by atoms with Gasteiger partial charge in [-0.1, -0.05) is 29.8 Å². The maximum absolute atomic E-state index is 12.1. The van der Waals surface area contributed by atoms with Gasteiger partial charge in [-0.15, -0.1) is 0 Å². The quantitative estimate of drug-likeness (QED) is 0.678. The van der Waals surface area contributed by atoms with Crippen LogP contribution in [0.3, 0.4) is 0 Å². The number of aryl methyl sites for hydroxylation is 1. The first-order valence-corrected chi connectivity index (χ1v) is 7.66. The van der Waals surface area contributed by atoms with Gasteiger partial charge in [-0.2, -0.15) is 0 Å². The molecular formula is C14H14N2O4S. The maximum atomic E-state index is 12.1. The smallest absolute Gasteiger partial charge is 0.258 e. The average molecular weight is 306 g/mol. The van der Waals surface area contributed by atoms with Gasteiger partial charge in [-0.25, -0.2) is 13.1 Å². The molecule has 2 rings (SSSR count). The summed E-state index contributed by atoms with van der Waals surface area (Å²) in [4.78, 5) is 10.2. The largest absolute Gasteiger partial charge is 0.269 e. The van der Waals surface area contributed by atoms with E-state index in [1.165, 1.54) is 36.4 Å². The topological polar surface area (TPSA) is 89.3 Å². The first kappa shape index (κ1) is 15.1. The van der Waals surface area contributed by atoms with Crippen LogP contribution in [-0.4, -0.2) is 13.3 Å². The average Bonchev–Trinajstić information content (AvgIpc) is 2.46. The Morgan fingerprint density at radius 1 is 1.05 bits per heavy atom. The Labute approximate surface area is 122 Å². The molecule has 2 aromatic rings. The first-order valence-electron chi connectivity index (χ1n) is 6.18. The van der Waals surface area contributed by atoms with Crippen molar-refractivity contribution in [3.8, 4) is 0 Å². The minimum Gasteiger partial charge on any atom is -0.258 e. The molecule has 21 heavy (non-hydrogen) atoms. The number of hydrogen-bond donors (Lipinski definition) is 1. The summed E-state index contributed by atoms with van der Waals surface area (Å²) < 4.78 is 26.6. The summed E-state index contributed by atoms with van der Waals surface area (Å²) in [6.45, 7) is 1.95. The van der Waals surface area contributed by atoms with Crippen molar-refractivity contribution in [2.75, 3.05) is 0 Å². The standard InChI is InChI=1S/C14H14N2O4S/c1-11-2-8-14(9-3-11)21(19,20)15-10-12-4-6-13(7-5-12)16(17)18/h2-9,15H,10H2,1H3. The van der Waals surface area contributed by atoms with Gasteiger partial charge in [0.25, 0.3) is 5.69 Å². The molecule has 0 saturated heterocycles. The number of sulfonamides is 1. The molecule has 0 bridgehead atoms. The maximum Gasteiger partial charge on any atom is 0.269 e. The highest BCUT2D eigenvalue weighted by Crippen LogP contribution is 2.13. The van der Waals surface area contributed by atoms with E-state index in [4.69, 9.17) is 0 Å². The van der Waals surface area contributed by atoms with Gasteiger partial charge in [-0.3, -0.25) is 10.1 Å². The fraction of sp³-hybridized carbons (Fsp3) is 0.143. The number of nitrogens with zero attached hydrogens (tertiary/aromatic N) is 1. The van der Waals surface area contributed by atoms with Gasteiger partial charge in [-0.05, 0) is 24.6 Å². The minimum absolute atomic E-state index is 0.0276. The van der Waals surface area contributed by atoms with Crippen molar-refractivity contribution in [2.45, 2.75) is 18.4 Å². The fourth-order valence-electron chi connectivity index (χ4n) is 1.71. The van der Waals surface area contributed by atoms with Gasteiger partial charge in [0.15, 0.2) is 0 Å². The SMILES string of the molecule is Cc1ccc(S(=O)(=O)NCc2ccc([N+](=O)[O-])cc2)cc1. The molecule has 0 heterocycles. The lowest BCUT2D eigenvalue weighted by molar-refractivity contribution is -0.384. The second-order valence-corrected chi connectivity index (χ2v) is 6.33. The molecule has 0 atom stereocenters. The van der Waals surface area contributed by atoms with E-state index in [2.05, 4.69) is 4.72 Å². The van der Waals surface area contributed by atoms with E-state index in [-0.39, 0.29) is 17.1 Å². The molecule has 0 fully saturated rings. The zero-order chi connectivity index (χ0) is 15.5. The molecule has 110 valence electrons. The van der Waals surface area contributed by atoms with Crippen molar-refractivity contribution in [2.24, 2.45) is 0 Å². The predicted molar refractivity (Wildman–Crippen MR) is 78.3 cm³/mol. The number of nitro groups is 1. The lowest BCUT2D eigenvalue weighted by atomic mass is 10.2. The number of nitro benzene ring substituents is 1. The number of benzene rings is 2. The van der Waals surface area contributed by atoms with Crippen LogP contribution in [-0.2, 0) is 16.6 Å². The van der Waals surface area contributed by atoms with Crippen LogP contribution in [0.15, 0.2) is 53.4 Å². The highest BCUT2D eigenvalue weighted by atomic mass is 32.2. The molecule has 2 aromatic carbocycles. The van der Waals surface area contributed by atoms with Crippen LogP contribution in [0.4, 0.5) is 5.69 Å². The van der Waals surface area contributed by atoms with Crippen LogP contribution >= 0.6 is 0 Å². The zero-order valence-electron chi connectivity index (χ0n) is 11.3. The summed E-state index contributed by atoms with van der Waals surface area (Å²) in [6.07, 6.45) is 0. The van der Waals surface area contributed by atoms with Crippen LogP contribution in [0.1, 0.15) is 11.1 Å². The Balaban J connectivity index is 2.08. The number of non-ortho nitro benzene ring substituents is 1. The lowest BCUT2D eigenvalue weighted by Crippen LogP contribution is -2.23. The molecule has 7 heteroatoms.